The average molecular weight is 444 g/mol. The molecular weight excluding hydrogens is 417 g/mol. The summed E-state index contributed by atoms with van der Waals surface area (Å²) >= 11 is 0. The van der Waals surface area contributed by atoms with Gasteiger partial charge in [0.25, 0.3) is 5.91 Å². The molecule has 3 aromatic rings. The van der Waals surface area contributed by atoms with Gasteiger partial charge in [-0.25, -0.2) is 9.18 Å². The SMILES string of the molecule is O=C(c1ccc(N2CCCN(Cc3ccc(F)cc3)C2=O)cc1)N1CCc2ccccc2C1. The lowest BCUT2D eigenvalue weighted by atomic mass is 9.99. The van der Waals surface area contributed by atoms with Gasteiger partial charge in [0.15, 0.2) is 0 Å². The zero-order valence-electron chi connectivity index (χ0n) is 18.4. The molecule has 1 saturated heterocycles. The molecule has 168 valence electrons. The maximum absolute atomic E-state index is 13.2. The van der Waals surface area contributed by atoms with Crippen LogP contribution in [-0.4, -0.2) is 41.4 Å². The molecule has 6 heteroatoms. The molecule has 0 N–H and O–H groups in total. The number of amides is 3. The van der Waals surface area contributed by atoms with Crippen LogP contribution in [0, 0.1) is 5.82 Å². The first-order valence-electron chi connectivity index (χ1n) is 11.4. The third kappa shape index (κ3) is 4.46. The molecular formula is C27H26FN3O2. The van der Waals surface area contributed by atoms with E-state index in [9.17, 15) is 14.0 Å². The standard InChI is InChI=1S/C27H26FN3O2/c28-24-10-6-20(7-11-24)18-30-15-3-16-31(27(30)33)25-12-8-22(9-13-25)26(32)29-17-14-21-4-1-2-5-23(21)19-29/h1-2,4-13H,3,14-19H2. The van der Waals surface area contributed by atoms with Crippen LogP contribution in [0.5, 0.6) is 0 Å². The van der Waals surface area contributed by atoms with Crippen molar-refractivity contribution in [3.8, 4) is 0 Å². The Labute approximate surface area is 193 Å². The Hall–Kier alpha value is -3.67. The fourth-order valence-corrected chi connectivity index (χ4v) is 4.61. The molecule has 0 bridgehead atoms. The van der Waals surface area contributed by atoms with Gasteiger partial charge in [0.05, 0.1) is 0 Å². The van der Waals surface area contributed by atoms with E-state index >= 15 is 0 Å². The molecule has 0 atom stereocenters. The van der Waals surface area contributed by atoms with Gasteiger partial charge in [-0.3, -0.25) is 9.69 Å². The Kier molecular flexibility index (Phi) is 5.82. The van der Waals surface area contributed by atoms with Gasteiger partial charge in [0.1, 0.15) is 5.82 Å². The summed E-state index contributed by atoms with van der Waals surface area (Å²) in [6.45, 7) is 3.08. The molecule has 0 aromatic heterocycles. The first kappa shape index (κ1) is 21.2. The van der Waals surface area contributed by atoms with E-state index in [1.165, 1.54) is 23.3 Å². The number of hydrogen-bond acceptors (Lipinski definition) is 2. The number of benzene rings is 3. The summed E-state index contributed by atoms with van der Waals surface area (Å²) < 4.78 is 13.2. The molecule has 33 heavy (non-hydrogen) atoms. The van der Waals surface area contributed by atoms with Crippen molar-refractivity contribution in [3.63, 3.8) is 0 Å². The molecule has 2 heterocycles. The Morgan fingerprint density at radius 3 is 2.33 bits per heavy atom. The number of fused-ring (bicyclic) bond motifs is 1. The fraction of sp³-hybridized carbons (Fsp3) is 0.259. The highest BCUT2D eigenvalue weighted by molar-refractivity contribution is 5.96. The van der Waals surface area contributed by atoms with Crippen molar-refractivity contribution in [2.75, 3.05) is 24.5 Å². The Balaban J connectivity index is 1.26. The van der Waals surface area contributed by atoms with Gasteiger partial charge < -0.3 is 9.80 Å². The molecule has 5 rings (SSSR count). The van der Waals surface area contributed by atoms with Gasteiger partial charge in [-0.15, -0.1) is 0 Å². The minimum Gasteiger partial charge on any atom is -0.334 e. The van der Waals surface area contributed by atoms with Crippen molar-refractivity contribution >= 4 is 17.6 Å². The van der Waals surface area contributed by atoms with Crippen molar-refractivity contribution < 1.29 is 14.0 Å². The summed E-state index contributed by atoms with van der Waals surface area (Å²) in [5.41, 5.74) is 4.82. The van der Waals surface area contributed by atoms with Crippen LogP contribution in [0.15, 0.2) is 72.8 Å². The maximum atomic E-state index is 13.2. The van der Waals surface area contributed by atoms with Gasteiger partial charge in [0, 0.05) is 44.0 Å². The van der Waals surface area contributed by atoms with Crippen LogP contribution in [0.25, 0.3) is 0 Å². The normalized spacial score (nSPS) is 16.0. The number of carbonyl (C=O) groups excluding carboxylic acids is 2. The maximum Gasteiger partial charge on any atom is 0.324 e. The van der Waals surface area contributed by atoms with E-state index in [4.69, 9.17) is 0 Å². The summed E-state index contributed by atoms with van der Waals surface area (Å²) in [6, 6.07) is 21.8. The topological polar surface area (TPSA) is 43.9 Å². The lowest BCUT2D eigenvalue weighted by molar-refractivity contribution is 0.0734. The molecule has 0 spiro atoms. The molecule has 0 aliphatic carbocycles. The number of urea groups is 1. The molecule has 3 amide bonds. The smallest absolute Gasteiger partial charge is 0.324 e. The van der Waals surface area contributed by atoms with Gasteiger partial charge in [-0.05, 0) is 65.9 Å². The highest BCUT2D eigenvalue weighted by Gasteiger charge is 2.27. The first-order valence-corrected chi connectivity index (χ1v) is 11.4. The summed E-state index contributed by atoms with van der Waals surface area (Å²) in [4.78, 5) is 31.5. The number of hydrogen-bond donors (Lipinski definition) is 0. The monoisotopic (exact) mass is 443 g/mol. The Bertz CT molecular complexity index is 1160. The minimum atomic E-state index is -0.284. The molecule has 0 unspecified atom stereocenters. The van der Waals surface area contributed by atoms with Crippen LogP contribution < -0.4 is 4.90 Å². The summed E-state index contributed by atoms with van der Waals surface area (Å²) in [6.07, 6.45) is 1.72. The molecule has 5 nitrogen and oxygen atoms in total. The van der Waals surface area contributed by atoms with Crippen LogP contribution in [0.4, 0.5) is 14.9 Å². The van der Waals surface area contributed by atoms with E-state index in [0.717, 1.165) is 24.1 Å². The predicted octanol–water partition coefficient (Wildman–Crippen LogP) is 4.86. The lowest BCUT2D eigenvalue weighted by Crippen LogP contribution is -2.49. The van der Waals surface area contributed by atoms with Crippen molar-refractivity contribution in [3.05, 3.63) is 101 Å². The zero-order valence-corrected chi connectivity index (χ0v) is 18.4. The first-order chi connectivity index (χ1) is 16.1. The van der Waals surface area contributed by atoms with E-state index in [2.05, 4.69) is 12.1 Å². The zero-order chi connectivity index (χ0) is 22.8. The number of carbonyl (C=O) groups is 2. The predicted molar refractivity (Wildman–Crippen MR) is 125 cm³/mol. The third-order valence-electron chi connectivity index (χ3n) is 6.44. The van der Waals surface area contributed by atoms with Crippen LogP contribution in [0.2, 0.25) is 0 Å². The van der Waals surface area contributed by atoms with Crippen LogP contribution >= 0.6 is 0 Å². The quantitative estimate of drug-likeness (QED) is 0.578. The van der Waals surface area contributed by atoms with Crippen LogP contribution in [-0.2, 0) is 19.5 Å². The lowest BCUT2D eigenvalue weighted by Gasteiger charge is -2.36. The number of halogens is 1. The van der Waals surface area contributed by atoms with Gasteiger partial charge in [-0.2, -0.15) is 0 Å². The minimum absolute atomic E-state index is 0.0129. The summed E-state index contributed by atoms with van der Waals surface area (Å²) in [5.74, 6) is -0.271. The van der Waals surface area contributed by atoms with Gasteiger partial charge >= 0.3 is 6.03 Å². The molecule has 2 aliphatic heterocycles. The van der Waals surface area contributed by atoms with E-state index in [1.54, 1.807) is 21.9 Å². The Morgan fingerprint density at radius 2 is 1.58 bits per heavy atom. The van der Waals surface area contributed by atoms with E-state index in [0.29, 0.717) is 38.3 Å². The molecule has 0 radical (unpaired) electrons. The highest BCUT2D eigenvalue weighted by Crippen LogP contribution is 2.24. The molecule has 3 aromatic carbocycles. The second-order valence-corrected chi connectivity index (χ2v) is 8.63. The average Bonchev–Trinajstić information content (AvgIpc) is 2.86. The number of rotatable bonds is 4. The largest absolute Gasteiger partial charge is 0.334 e. The molecule has 0 saturated carbocycles. The molecule has 1 fully saturated rings. The second kappa shape index (κ2) is 9.06. The summed E-state index contributed by atoms with van der Waals surface area (Å²) in [5, 5.41) is 0. The Morgan fingerprint density at radius 1 is 0.848 bits per heavy atom. The van der Waals surface area contributed by atoms with Crippen molar-refractivity contribution in [1.82, 2.24) is 9.80 Å². The van der Waals surface area contributed by atoms with Crippen molar-refractivity contribution in [1.29, 1.82) is 0 Å². The number of anilines is 1. The molecule has 2 aliphatic rings. The van der Waals surface area contributed by atoms with E-state index in [1.807, 2.05) is 41.3 Å². The van der Waals surface area contributed by atoms with Crippen LogP contribution in [0.1, 0.15) is 33.5 Å². The van der Waals surface area contributed by atoms with Crippen molar-refractivity contribution in [2.45, 2.75) is 25.9 Å². The summed E-state index contributed by atoms with van der Waals surface area (Å²) in [7, 11) is 0. The van der Waals surface area contributed by atoms with Gasteiger partial charge in [0.2, 0.25) is 0 Å². The number of nitrogens with zero attached hydrogens (tertiary/aromatic N) is 3. The second-order valence-electron chi connectivity index (χ2n) is 8.63. The highest BCUT2D eigenvalue weighted by atomic mass is 19.1. The van der Waals surface area contributed by atoms with Gasteiger partial charge in [-0.1, -0.05) is 36.4 Å². The fourth-order valence-electron chi connectivity index (χ4n) is 4.61. The van der Waals surface area contributed by atoms with Crippen LogP contribution in [0.3, 0.4) is 0 Å². The van der Waals surface area contributed by atoms with Crippen molar-refractivity contribution in [2.24, 2.45) is 0 Å². The van der Waals surface area contributed by atoms with E-state index in [-0.39, 0.29) is 17.8 Å². The third-order valence-corrected chi connectivity index (χ3v) is 6.44. The van der Waals surface area contributed by atoms with E-state index < -0.39 is 0 Å².